The Kier molecular flexibility index (Phi) is 4.48. The van der Waals surface area contributed by atoms with E-state index in [9.17, 15) is 15.2 Å². The Morgan fingerprint density at radius 1 is 1.39 bits per heavy atom. The molecule has 5 rings (SSSR count). The number of hydrogen-bond acceptors (Lipinski definition) is 5. The van der Waals surface area contributed by atoms with E-state index >= 15 is 0 Å². The molecule has 0 aliphatic carbocycles. The van der Waals surface area contributed by atoms with Crippen molar-refractivity contribution in [2.75, 3.05) is 13.1 Å². The highest BCUT2D eigenvalue weighted by Crippen LogP contribution is 2.48. The van der Waals surface area contributed by atoms with Crippen LogP contribution in [-0.4, -0.2) is 42.3 Å². The maximum absolute atomic E-state index is 13.4. The molecule has 0 spiro atoms. The van der Waals surface area contributed by atoms with Crippen LogP contribution in [0.1, 0.15) is 43.7 Å². The van der Waals surface area contributed by atoms with Crippen LogP contribution in [0.5, 0.6) is 5.88 Å². The summed E-state index contributed by atoms with van der Waals surface area (Å²) in [6.45, 7) is 5.64. The van der Waals surface area contributed by atoms with Crippen molar-refractivity contribution in [3.63, 3.8) is 0 Å². The highest BCUT2D eigenvalue weighted by Gasteiger charge is 2.48. The van der Waals surface area contributed by atoms with Crippen LogP contribution in [0.15, 0.2) is 35.3 Å². The quantitative estimate of drug-likeness (QED) is 0.611. The van der Waals surface area contributed by atoms with Gasteiger partial charge in [-0.2, -0.15) is 5.26 Å². The SMILES string of the molecule is CC(C)CNC(=S)N1C[C@@H]2C[C@H]1c1c(O)n(-c3cnc(C#N)c4ccccc34)c(=O)n12. The molecule has 0 unspecified atom stereocenters. The number of fused-ring (bicyclic) bond motifs is 6. The zero-order valence-electron chi connectivity index (χ0n) is 17.2. The highest BCUT2D eigenvalue weighted by molar-refractivity contribution is 7.80. The molecule has 0 radical (unpaired) electrons. The van der Waals surface area contributed by atoms with Gasteiger partial charge in [-0.25, -0.2) is 14.3 Å². The molecule has 0 saturated carbocycles. The van der Waals surface area contributed by atoms with Gasteiger partial charge in [-0.05, 0) is 24.6 Å². The summed E-state index contributed by atoms with van der Waals surface area (Å²) >= 11 is 5.59. The predicted octanol–water partition coefficient (Wildman–Crippen LogP) is 2.60. The van der Waals surface area contributed by atoms with Crippen LogP contribution in [0.2, 0.25) is 0 Å². The lowest BCUT2D eigenvalue weighted by Gasteiger charge is -2.30. The van der Waals surface area contributed by atoms with Gasteiger partial charge in [0.15, 0.2) is 5.11 Å². The molecular formula is C22H22N6O2S. The number of aromatic nitrogens is 3. The molecule has 2 N–H and O–H groups in total. The molecule has 2 aliphatic heterocycles. The van der Waals surface area contributed by atoms with Crippen molar-refractivity contribution in [1.82, 2.24) is 24.3 Å². The normalized spacial score (nSPS) is 19.1. The second kappa shape index (κ2) is 7.10. The second-order valence-corrected chi connectivity index (χ2v) is 8.87. The monoisotopic (exact) mass is 434 g/mol. The molecule has 9 heteroatoms. The van der Waals surface area contributed by atoms with Gasteiger partial charge in [-0.1, -0.05) is 38.1 Å². The van der Waals surface area contributed by atoms with Crippen LogP contribution in [-0.2, 0) is 0 Å². The minimum absolute atomic E-state index is 0.0453. The molecule has 31 heavy (non-hydrogen) atoms. The third-order valence-corrected chi connectivity index (χ3v) is 6.48. The molecule has 8 nitrogen and oxygen atoms in total. The number of pyridine rings is 1. The van der Waals surface area contributed by atoms with Gasteiger partial charge in [0.05, 0.1) is 24.0 Å². The molecule has 1 aromatic carbocycles. The summed E-state index contributed by atoms with van der Waals surface area (Å²) in [7, 11) is 0. The third kappa shape index (κ3) is 2.82. The lowest BCUT2D eigenvalue weighted by atomic mass is 10.1. The van der Waals surface area contributed by atoms with Gasteiger partial charge in [0.25, 0.3) is 0 Å². The third-order valence-electron chi connectivity index (χ3n) is 6.10. The van der Waals surface area contributed by atoms with Crippen molar-refractivity contribution >= 4 is 28.1 Å². The van der Waals surface area contributed by atoms with Crippen molar-refractivity contribution in [3.05, 3.63) is 52.3 Å². The number of likely N-dealkylation sites (tertiary alicyclic amines) is 1. The summed E-state index contributed by atoms with van der Waals surface area (Å²) in [6, 6.07) is 9.17. The molecule has 4 heterocycles. The van der Waals surface area contributed by atoms with Crippen LogP contribution in [0.25, 0.3) is 16.5 Å². The Balaban J connectivity index is 1.61. The van der Waals surface area contributed by atoms with E-state index in [4.69, 9.17) is 12.2 Å². The van der Waals surface area contributed by atoms with Crippen molar-refractivity contribution in [2.24, 2.45) is 5.92 Å². The Bertz CT molecular complexity index is 1320. The van der Waals surface area contributed by atoms with Crippen LogP contribution >= 0.6 is 12.2 Å². The number of aromatic hydroxyl groups is 1. The number of nitrogens with zero attached hydrogens (tertiary/aromatic N) is 5. The van der Waals surface area contributed by atoms with Crippen LogP contribution in [0.4, 0.5) is 0 Å². The predicted molar refractivity (Wildman–Crippen MR) is 120 cm³/mol. The van der Waals surface area contributed by atoms with Gasteiger partial charge in [0, 0.05) is 23.9 Å². The van der Waals surface area contributed by atoms with Crippen molar-refractivity contribution < 1.29 is 5.11 Å². The maximum atomic E-state index is 13.4. The number of imidazole rings is 1. The number of rotatable bonds is 3. The number of nitriles is 1. The fraction of sp³-hybridized carbons (Fsp3) is 0.364. The molecule has 158 valence electrons. The Morgan fingerprint density at radius 2 is 2.13 bits per heavy atom. The molecular weight excluding hydrogens is 412 g/mol. The minimum Gasteiger partial charge on any atom is -0.493 e. The summed E-state index contributed by atoms with van der Waals surface area (Å²) in [5.74, 6) is 0.369. The molecule has 1 saturated heterocycles. The van der Waals surface area contributed by atoms with Crippen LogP contribution in [0.3, 0.4) is 0 Å². The van der Waals surface area contributed by atoms with Crippen LogP contribution < -0.4 is 11.0 Å². The summed E-state index contributed by atoms with van der Waals surface area (Å²) in [5, 5.41) is 25.8. The molecule has 2 aliphatic rings. The van der Waals surface area contributed by atoms with Gasteiger partial charge < -0.3 is 15.3 Å². The van der Waals surface area contributed by atoms with E-state index in [0.717, 1.165) is 13.0 Å². The van der Waals surface area contributed by atoms with Gasteiger partial charge in [0.1, 0.15) is 17.5 Å². The second-order valence-electron chi connectivity index (χ2n) is 8.48. The first-order chi connectivity index (χ1) is 14.9. The van der Waals surface area contributed by atoms with E-state index in [2.05, 4.69) is 35.1 Å². The zero-order chi connectivity index (χ0) is 21.9. The fourth-order valence-electron chi connectivity index (χ4n) is 4.73. The summed E-state index contributed by atoms with van der Waals surface area (Å²) in [5.41, 5.74) is 1.04. The molecule has 3 aromatic rings. The first-order valence-corrected chi connectivity index (χ1v) is 10.7. The smallest absolute Gasteiger partial charge is 0.336 e. The van der Waals surface area contributed by atoms with E-state index < -0.39 is 0 Å². The van der Waals surface area contributed by atoms with Gasteiger partial charge in [-0.15, -0.1) is 0 Å². The van der Waals surface area contributed by atoms with Gasteiger partial charge in [-0.3, -0.25) is 4.57 Å². The van der Waals surface area contributed by atoms with E-state index in [1.807, 2.05) is 18.2 Å². The number of benzene rings is 1. The number of thiocarbonyl (C=S) groups is 1. The molecule has 2 bridgehead atoms. The van der Waals surface area contributed by atoms with Gasteiger partial charge in [0.2, 0.25) is 5.88 Å². The largest absolute Gasteiger partial charge is 0.493 e. The molecule has 2 aromatic heterocycles. The first-order valence-electron chi connectivity index (χ1n) is 10.3. The average molecular weight is 435 g/mol. The van der Waals surface area contributed by atoms with E-state index in [0.29, 0.717) is 39.7 Å². The van der Waals surface area contributed by atoms with E-state index in [1.54, 1.807) is 10.6 Å². The standard InChI is InChI=1S/C22H22N6O2S/c1-12(2)9-25-21(31)26-11-13-7-17(26)19-20(29)28(22(30)27(13)19)18-10-24-16(8-23)14-5-3-4-6-15(14)18/h3-6,10,12-13,17,29H,7,9,11H2,1-2H3,(H,25,31)/t13-,17-/m0/s1. The summed E-state index contributed by atoms with van der Waals surface area (Å²) in [6.07, 6.45) is 2.22. The average Bonchev–Trinajstić information content (AvgIpc) is 3.43. The maximum Gasteiger partial charge on any atom is 0.336 e. The highest BCUT2D eigenvalue weighted by atomic mass is 32.1. The zero-order valence-corrected chi connectivity index (χ0v) is 18.1. The van der Waals surface area contributed by atoms with Crippen molar-refractivity contribution in [3.8, 4) is 17.6 Å². The fourth-order valence-corrected chi connectivity index (χ4v) is 5.01. The lowest BCUT2D eigenvalue weighted by molar-refractivity contribution is 0.332. The lowest BCUT2D eigenvalue weighted by Crippen LogP contribution is -2.44. The van der Waals surface area contributed by atoms with E-state index in [-0.39, 0.29) is 29.3 Å². The molecule has 1 fully saturated rings. The number of hydrogen-bond donors (Lipinski definition) is 2. The molecule has 2 atom stereocenters. The molecule has 0 amide bonds. The van der Waals surface area contributed by atoms with Crippen molar-refractivity contribution in [2.45, 2.75) is 32.4 Å². The van der Waals surface area contributed by atoms with Gasteiger partial charge >= 0.3 is 5.69 Å². The summed E-state index contributed by atoms with van der Waals surface area (Å²) in [4.78, 5) is 19.7. The summed E-state index contributed by atoms with van der Waals surface area (Å²) < 4.78 is 2.99. The van der Waals surface area contributed by atoms with E-state index in [1.165, 1.54) is 10.8 Å². The topological polar surface area (TPSA) is 99.1 Å². The first kappa shape index (κ1) is 19.6. The number of nitrogens with one attached hydrogen (secondary N) is 1. The minimum atomic E-state index is -0.294. The van der Waals surface area contributed by atoms with Crippen LogP contribution in [0, 0.1) is 17.2 Å². The Hall–Kier alpha value is -3.38. The Labute approximate surface area is 184 Å². The van der Waals surface area contributed by atoms with Crippen molar-refractivity contribution in [1.29, 1.82) is 5.26 Å². The Morgan fingerprint density at radius 3 is 2.84 bits per heavy atom.